The number of methoxy groups -OCH3 is 1. The number of imidazole rings is 1. The van der Waals surface area contributed by atoms with Crippen LogP contribution in [0.25, 0.3) is 21.8 Å². The standard InChI is InChI=1S/C31H35ClN4O4/c1-40-15-5-14-36-28-18-25(32)11-12-27(28)34-30(36)24-8-4-13-35(20-24)29(37)19-26(33-31(38)39)17-21-9-10-22-6-2-3-7-23(22)16-21/h2-3,6-7,9-12,16,18,24,26,33H,4-5,8,13-15,17,19-20H2,1H3,(H,38,39)/t24-,26-/m1/s1. The molecule has 2 amide bonds. The topological polar surface area (TPSA) is 96.7 Å². The summed E-state index contributed by atoms with van der Waals surface area (Å²) in [5.41, 5.74) is 2.87. The fraction of sp³-hybridized carbons (Fsp3) is 0.387. The number of piperidine rings is 1. The van der Waals surface area contributed by atoms with Crippen molar-refractivity contribution in [2.45, 2.75) is 50.6 Å². The van der Waals surface area contributed by atoms with E-state index >= 15 is 0 Å². The molecule has 0 unspecified atom stereocenters. The van der Waals surface area contributed by atoms with Crippen molar-refractivity contribution < 1.29 is 19.4 Å². The Hall–Kier alpha value is -3.62. The molecule has 210 valence electrons. The predicted octanol–water partition coefficient (Wildman–Crippen LogP) is 5.85. The lowest BCUT2D eigenvalue weighted by Gasteiger charge is -2.33. The highest BCUT2D eigenvalue weighted by Gasteiger charge is 2.30. The molecule has 2 heterocycles. The number of rotatable bonds is 10. The van der Waals surface area contributed by atoms with Crippen molar-refractivity contribution in [2.75, 3.05) is 26.8 Å². The number of benzene rings is 3. The molecule has 3 aromatic carbocycles. The van der Waals surface area contributed by atoms with Gasteiger partial charge >= 0.3 is 6.09 Å². The molecule has 0 spiro atoms. The second-order valence-corrected chi connectivity index (χ2v) is 11.0. The second-order valence-electron chi connectivity index (χ2n) is 10.5. The minimum absolute atomic E-state index is 0.0469. The summed E-state index contributed by atoms with van der Waals surface area (Å²) in [5, 5.41) is 14.9. The van der Waals surface area contributed by atoms with Crippen LogP contribution in [0.4, 0.5) is 4.79 Å². The fourth-order valence-corrected chi connectivity index (χ4v) is 5.95. The van der Waals surface area contributed by atoms with E-state index in [2.05, 4.69) is 16.0 Å². The minimum Gasteiger partial charge on any atom is -0.465 e. The molecule has 0 radical (unpaired) electrons. The van der Waals surface area contributed by atoms with Gasteiger partial charge in [-0.05, 0) is 60.2 Å². The van der Waals surface area contributed by atoms with Gasteiger partial charge in [0.05, 0.1) is 11.0 Å². The second kappa shape index (κ2) is 12.7. The van der Waals surface area contributed by atoms with Crippen LogP contribution in [-0.2, 0) is 22.5 Å². The van der Waals surface area contributed by atoms with Crippen molar-refractivity contribution in [1.29, 1.82) is 0 Å². The number of nitrogens with one attached hydrogen (secondary N) is 1. The average Bonchev–Trinajstić information content (AvgIpc) is 3.30. The van der Waals surface area contributed by atoms with E-state index in [1.54, 1.807) is 7.11 Å². The number of carbonyl (C=O) groups excluding carboxylic acids is 1. The maximum absolute atomic E-state index is 13.5. The molecule has 1 aromatic heterocycles. The quantitative estimate of drug-likeness (QED) is 0.236. The monoisotopic (exact) mass is 562 g/mol. The highest BCUT2D eigenvalue weighted by molar-refractivity contribution is 6.31. The van der Waals surface area contributed by atoms with Crippen molar-refractivity contribution in [3.8, 4) is 0 Å². The lowest BCUT2D eigenvalue weighted by atomic mass is 9.95. The normalized spacial score (nSPS) is 16.4. The molecule has 4 aromatic rings. The Morgan fingerprint density at radius 3 is 2.77 bits per heavy atom. The zero-order valence-electron chi connectivity index (χ0n) is 22.7. The van der Waals surface area contributed by atoms with Crippen molar-refractivity contribution >= 4 is 45.4 Å². The molecule has 0 saturated carbocycles. The number of fused-ring (bicyclic) bond motifs is 2. The Balaban J connectivity index is 1.32. The number of hydrogen-bond acceptors (Lipinski definition) is 4. The van der Waals surface area contributed by atoms with Crippen molar-refractivity contribution in [3.05, 3.63) is 77.1 Å². The summed E-state index contributed by atoms with van der Waals surface area (Å²) in [6.45, 7) is 2.60. The number of aromatic nitrogens is 2. The predicted molar refractivity (Wildman–Crippen MR) is 157 cm³/mol. The van der Waals surface area contributed by atoms with E-state index in [4.69, 9.17) is 21.3 Å². The van der Waals surface area contributed by atoms with Crippen LogP contribution in [0, 0.1) is 0 Å². The lowest BCUT2D eigenvalue weighted by molar-refractivity contribution is -0.132. The van der Waals surface area contributed by atoms with Gasteiger partial charge in [0.1, 0.15) is 5.82 Å². The van der Waals surface area contributed by atoms with Gasteiger partial charge in [-0.3, -0.25) is 4.79 Å². The van der Waals surface area contributed by atoms with Gasteiger partial charge in [-0.2, -0.15) is 0 Å². The van der Waals surface area contributed by atoms with Gasteiger partial charge in [0, 0.05) is 56.8 Å². The molecular formula is C31H35ClN4O4. The molecule has 5 rings (SSSR count). The summed E-state index contributed by atoms with van der Waals surface area (Å²) >= 11 is 6.32. The van der Waals surface area contributed by atoms with Gasteiger partial charge < -0.3 is 24.6 Å². The number of hydrogen-bond donors (Lipinski definition) is 2. The summed E-state index contributed by atoms with van der Waals surface area (Å²) in [7, 11) is 1.70. The Morgan fingerprint density at radius 2 is 1.98 bits per heavy atom. The number of ether oxygens (including phenoxy) is 1. The van der Waals surface area contributed by atoms with Crippen LogP contribution in [0.5, 0.6) is 0 Å². The summed E-state index contributed by atoms with van der Waals surface area (Å²) in [5.74, 6) is 0.995. The van der Waals surface area contributed by atoms with Gasteiger partial charge in [-0.1, -0.05) is 54.1 Å². The Morgan fingerprint density at radius 1 is 1.15 bits per heavy atom. The molecule has 1 aliphatic rings. The van der Waals surface area contributed by atoms with E-state index in [-0.39, 0.29) is 18.2 Å². The number of carboxylic acid groups (broad SMARTS) is 1. The smallest absolute Gasteiger partial charge is 0.404 e. The SMILES string of the molecule is COCCCn1c([C@@H]2CCCN(C(=O)C[C@@H](Cc3ccc4ccccc4c3)NC(=O)O)C2)nc2ccc(Cl)cc21. The number of likely N-dealkylation sites (tertiary alicyclic amines) is 1. The first-order chi connectivity index (χ1) is 19.4. The highest BCUT2D eigenvalue weighted by Crippen LogP contribution is 2.31. The number of halogens is 1. The van der Waals surface area contributed by atoms with E-state index in [1.807, 2.05) is 59.5 Å². The minimum atomic E-state index is -1.13. The molecule has 1 aliphatic heterocycles. The first-order valence-electron chi connectivity index (χ1n) is 13.8. The van der Waals surface area contributed by atoms with Crippen molar-refractivity contribution in [1.82, 2.24) is 19.8 Å². The van der Waals surface area contributed by atoms with Gasteiger partial charge in [0.15, 0.2) is 0 Å². The van der Waals surface area contributed by atoms with Crippen LogP contribution >= 0.6 is 11.6 Å². The van der Waals surface area contributed by atoms with Crippen LogP contribution in [0.1, 0.15) is 43.0 Å². The molecule has 2 N–H and O–H groups in total. The van der Waals surface area contributed by atoms with E-state index in [0.29, 0.717) is 31.1 Å². The van der Waals surface area contributed by atoms with Crippen molar-refractivity contribution in [2.24, 2.45) is 0 Å². The third-order valence-electron chi connectivity index (χ3n) is 7.65. The maximum atomic E-state index is 13.5. The van der Waals surface area contributed by atoms with E-state index in [1.165, 1.54) is 0 Å². The molecule has 8 nitrogen and oxygen atoms in total. The zero-order valence-corrected chi connectivity index (χ0v) is 23.4. The van der Waals surface area contributed by atoms with E-state index in [0.717, 1.165) is 59.0 Å². The summed E-state index contributed by atoms with van der Waals surface area (Å²) in [4.78, 5) is 31.9. The molecule has 1 fully saturated rings. The third-order valence-corrected chi connectivity index (χ3v) is 7.89. The molecule has 2 atom stereocenters. The van der Waals surface area contributed by atoms with Crippen LogP contribution in [0.3, 0.4) is 0 Å². The lowest BCUT2D eigenvalue weighted by Crippen LogP contribution is -2.44. The van der Waals surface area contributed by atoms with Crippen LogP contribution in [-0.4, -0.2) is 64.4 Å². The first kappa shape index (κ1) is 27.9. The average molecular weight is 563 g/mol. The Labute approximate surface area is 238 Å². The molecule has 9 heteroatoms. The largest absolute Gasteiger partial charge is 0.465 e. The number of aryl methyl sites for hydroxylation is 1. The maximum Gasteiger partial charge on any atom is 0.404 e. The molecule has 40 heavy (non-hydrogen) atoms. The number of nitrogens with zero attached hydrogens (tertiary/aromatic N) is 3. The summed E-state index contributed by atoms with van der Waals surface area (Å²) < 4.78 is 7.49. The van der Waals surface area contributed by atoms with E-state index < -0.39 is 12.1 Å². The fourth-order valence-electron chi connectivity index (χ4n) is 5.78. The molecule has 0 aliphatic carbocycles. The highest BCUT2D eigenvalue weighted by atomic mass is 35.5. The van der Waals surface area contributed by atoms with Gasteiger partial charge in [-0.25, -0.2) is 9.78 Å². The van der Waals surface area contributed by atoms with E-state index in [9.17, 15) is 14.7 Å². The molecule has 1 saturated heterocycles. The number of carbonyl (C=O) groups is 2. The first-order valence-corrected chi connectivity index (χ1v) is 14.2. The van der Waals surface area contributed by atoms with Gasteiger partial charge in [-0.15, -0.1) is 0 Å². The van der Waals surface area contributed by atoms with Crippen LogP contribution < -0.4 is 5.32 Å². The number of amides is 2. The molecular weight excluding hydrogens is 528 g/mol. The van der Waals surface area contributed by atoms with Crippen LogP contribution in [0.15, 0.2) is 60.7 Å². The third kappa shape index (κ3) is 6.57. The Bertz CT molecular complexity index is 1500. The zero-order chi connectivity index (χ0) is 28.1. The summed E-state index contributed by atoms with van der Waals surface area (Å²) in [6, 6.07) is 19.4. The van der Waals surface area contributed by atoms with Gasteiger partial charge in [0.2, 0.25) is 5.91 Å². The summed E-state index contributed by atoms with van der Waals surface area (Å²) in [6.07, 6.45) is 2.05. The van der Waals surface area contributed by atoms with Crippen LogP contribution in [0.2, 0.25) is 5.02 Å². The van der Waals surface area contributed by atoms with Gasteiger partial charge in [0.25, 0.3) is 0 Å². The van der Waals surface area contributed by atoms with Crippen molar-refractivity contribution in [3.63, 3.8) is 0 Å². The Kier molecular flexibility index (Phi) is 8.87. The molecule has 0 bridgehead atoms.